The molecule has 3 heterocycles. The second-order valence-corrected chi connectivity index (χ2v) is 8.83. The lowest BCUT2D eigenvalue weighted by atomic mass is 9.82. The molecule has 3 aliphatic heterocycles. The summed E-state index contributed by atoms with van der Waals surface area (Å²) in [5.74, 6) is 0.454. The molecule has 0 bridgehead atoms. The van der Waals surface area contributed by atoms with Crippen LogP contribution in [0.2, 0.25) is 0 Å². The minimum Gasteiger partial charge on any atom is -0.486 e. The predicted octanol–water partition coefficient (Wildman–Crippen LogP) is 3.84. The van der Waals surface area contributed by atoms with E-state index in [2.05, 4.69) is 0 Å². The maximum Gasteiger partial charge on any atom is 0.293 e. The van der Waals surface area contributed by atoms with Crippen molar-refractivity contribution in [2.24, 2.45) is 0 Å². The number of carbonyl (C=O) groups is 2. The number of fused-ring (bicyclic) bond motifs is 1. The molecule has 3 aliphatic rings. The topological polar surface area (TPSA) is 93.0 Å². The summed E-state index contributed by atoms with van der Waals surface area (Å²) in [5.41, 5.74) is 0.899. The number of Topliss-reactive ketones (excluding diaryl/α,β-unsaturated/α-hetero) is 1. The molecule has 2 fully saturated rings. The number of hydrogen-bond donors (Lipinski definition) is 0. The van der Waals surface area contributed by atoms with Gasteiger partial charge in [-0.2, -0.15) is 0 Å². The lowest BCUT2D eigenvalue weighted by Gasteiger charge is -2.44. The molecule has 166 valence electrons. The van der Waals surface area contributed by atoms with E-state index >= 15 is 0 Å². The van der Waals surface area contributed by atoms with Crippen molar-refractivity contribution in [3.63, 3.8) is 0 Å². The average molecular weight is 435 g/mol. The van der Waals surface area contributed by atoms with E-state index in [1.54, 1.807) is 23.1 Å². The fraction of sp³-hybridized carbons (Fsp3) is 0.417. The summed E-state index contributed by atoms with van der Waals surface area (Å²) >= 11 is 0. The van der Waals surface area contributed by atoms with Gasteiger partial charge in [0.2, 0.25) is 0 Å². The molecule has 0 aliphatic carbocycles. The number of ether oxygens (including phenoxy) is 1. The SMILES string of the molecule is O=C1CC2(CCN(C(=O)c3ccc(N4CCCC4)c([N+](=O)[O-])c3)CC2)Oc2ccccc21. The second-order valence-electron chi connectivity index (χ2n) is 8.83. The Labute approximate surface area is 185 Å². The number of nitrogens with zero attached hydrogens (tertiary/aromatic N) is 3. The van der Waals surface area contributed by atoms with Crippen molar-refractivity contribution in [2.75, 3.05) is 31.1 Å². The van der Waals surface area contributed by atoms with E-state index in [0.717, 1.165) is 25.9 Å². The van der Waals surface area contributed by atoms with Gasteiger partial charge in [0.15, 0.2) is 5.78 Å². The number of hydrogen-bond acceptors (Lipinski definition) is 6. The van der Waals surface area contributed by atoms with Crippen LogP contribution in [-0.2, 0) is 0 Å². The Balaban J connectivity index is 1.31. The van der Waals surface area contributed by atoms with Gasteiger partial charge in [0.1, 0.15) is 17.0 Å². The number of piperidine rings is 1. The Bertz CT molecular complexity index is 1080. The first-order chi connectivity index (χ1) is 15.5. The van der Waals surface area contributed by atoms with Crippen LogP contribution in [0, 0.1) is 10.1 Å². The molecule has 0 atom stereocenters. The van der Waals surface area contributed by atoms with Crippen LogP contribution in [0.1, 0.15) is 52.8 Å². The standard InChI is InChI=1S/C24H25N3O5/c28-21-16-24(32-22-6-2-1-5-18(21)22)9-13-26(14-10-24)23(29)17-7-8-19(20(15-17)27(30)31)25-11-3-4-12-25/h1-2,5-8,15H,3-4,9-14,16H2. The molecule has 0 aromatic heterocycles. The maximum absolute atomic E-state index is 13.1. The molecule has 0 N–H and O–H groups in total. The highest BCUT2D eigenvalue weighted by Gasteiger charge is 2.43. The monoisotopic (exact) mass is 435 g/mol. The van der Waals surface area contributed by atoms with Crippen molar-refractivity contribution in [1.29, 1.82) is 0 Å². The molecule has 2 saturated heterocycles. The Kier molecular flexibility index (Phi) is 5.07. The number of rotatable bonds is 3. The van der Waals surface area contributed by atoms with Crippen molar-refractivity contribution < 1.29 is 19.2 Å². The molecular weight excluding hydrogens is 410 g/mol. The van der Waals surface area contributed by atoms with Crippen LogP contribution in [0.5, 0.6) is 5.75 Å². The van der Waals surface area contributed by atoms with Crippen molar-refractivity contribution in [2.45, 2.75) is 37.7 Å². The number of nitro benzene ring substituents is 1. The van der Waals surface area contributed by atoms with Gasteiger partial charge in [-0.25, -0.2) is 0 Å². The van der Waals surface area contributed by atoms with Gasteiger partial charge in [0.05, 0.1) is 16.9 Å². The number of ketones is 1. The molecule has 1 amide bonds. The van der Waals surface area contributed by atoms with Crippen molar-refractivity contribution >= 4 is 23.1 Å². The lowest BCUT2D eigenvalue weighted by Crippen LogP contribution is -2.52. The molecule has 32 heavy (non-hydrogen) atoms. The highest BCUT2D eigenvalue weighted by Crippen LogP contribution is 2.39. The third-order valence-electron chi connectivity index (χ3n) is 6.82. The quantitative estimate of drug-likeness (QED) is 0.537. The number of nitro groups is 1. The van der Waals surface area contributed by atoms with Crippen molar-refractivity contribution in [3.8, 4) is 5.75 Å². The zero-order chi connectivity index (χ0) is 22.3. The smallest absolute Gasteiger partial charge is 0.293 e. The van der Waals surface area contributed by atoms with Gasteiger partial charge < -0.3 is 14.5 Å². The summed E-state index contributed by atoms with van der Waals surface area (Å²) in [5, 5.41) is 11.7. The van der Waals surface area contributed by atoms with E-state index < -0.39 is 10.5 Å². The second kappa shape index (κ2) is 7.93. The third-order valence-corrected chi connectivity index (χ3v) is 6.82. The van der Waals surface area contributed by atoms with Crippen LogP contribution < -0.4 is 9.64 Å². The number of carbonyl (C=O) groups excluding carboxylic acids is 2. The molecule has 2 aromatic rings. The molecule has 8 nitrogen and oxygen atoms in total. The van der Waals surface area contributed by atoms with Crippen LogP contribution in [0.15, 0.2) is 42.5 Å². The Morgan fingerprint density at radius 3 is 2.47 bits per heavy atom. The highest BCUT2D eigenvalue weighted by atomic mass is 16.6. The Morgan fingerprint density at radius 2 is 1.75 bits per heavy atom. The first-order valence-electron chi connectivity index (χ1n) is 11.1. The van der Waals surface area contributed by atoms with Gasteiger partial charge in [0.25, 0.3) is 11.6 Å². The van der Waals surface area contributed by atoms with Gasteiger partial charge in [-0.1, -0.05) is 12.1 Å². The number of para-hydroxylation sites is 1. The normalized spacial score (nSPS) is 19.6. The number of amides is 1. The van der Waals surface area contributed by atoms with E-state index in [0.29, 0.717) is 54.9 Å². The third kappa shape index (κ3) is 3.59. The molecular formula is C24H25N3O5. The number of likely N-dealkylation sites (tertiary alicyclic amines) is 1. The van der Waals surface area contributed by atoms with Gasteiger partial charge in [-0.05, 0) is 37.1 Å². The van der Waals surface area contributed by atoms with Gasteiger partial charge >= 0.3 is 0 Å². The molecule has 2 aromatic carbocycles. The first kappa shape index (κ1) is 20.5. The molecule has 8 heteroatoms. The number of anilines is 1. The summed E-state index contributed by atoms with van der Waals surface area (Å²) in [4.78, 5) is 40.7. The van der Waals surface area contributed by atoms with Gasteiger partial charge in [-0.15, -0.1) is 0 Å². The molecule has 0 unspecified atom stereocenters. The van der Waals surface area contributed by atoms with Crippen LogP contribution in [-0.4, -0.2) is 53.3 Å². The fourth-order valence-electron chi connectivity index (χ4n) is 5.05. The zero-order valence-corrected chi connectivity index (χ0v) is 17.8. The maximum atomic E-state index is 13.1. The zero-order valence-electron chi connectivity index (χ0n) is 17.8. The van der Waals surface area contributed by atoms with Crippen LogP contribution in [0.3, 0.4) is 0 Å². The Hall–Kier alpha value is -3.42. The van der Waals surface area contributed by atoms with E-state index in [1.165, 1.54) is 6.07 Å². The van der Waals surface area contributed by atoms with E-state index in [-0.39, 0.29) is 17.4 Å². The van der Waals surface area contributed by atoms with Gasteiger partial charge in [-0.3, -0.25) is 19.7 Å². The van der Waals surface area contributed by atoms with Crippen LogP contribution in [0.25, 0.3) is 0 Å². The van der Waals surface area contributed by atoms with Crippen molar-refractivity contribution in [1.82, 2.24) is 4.90 Å². The van der Waals surface area contributed by atoms with Crippen LogP contribution in [0.4, 0.5) is 11.4 Å². The van der Waals surface area contributed by atoms with E-state index in [1.807, 2.05) is 23.1 Å². The van der Waals surface area contributed by atoms with Crippen molar-refractivity contribution in [3.05, 3.63) is 63.7 Å². The molecule has 1 spiro atoms. The molecule has 0 radical (unpaired) electrons. The highest BCUT2D eigenvalue weighted by molar-refractivity contribution is 6.00. The number of benzene rings is 2. The summed E-state index contributed by atoms with van der Waals surface area (Å²) in [6.07, 6.45) is 3.44. The minimum absolute atomic E-state index is 0.0240. The predicted molar refractivity (Wildman–Crippen MR) is 118 cm³/mol. The first-order valence-corrected chi connectivity index (χ1v) is 11.1. The van der Waals surface area contributed by atoms with E-state index in [9.17, 15) is 19.7 Å². The lowest BCUT2D eigenvalue weighted by molar-refractivity contribution is -0.384. The largest absolute Gasteiger partial charge is 0.486 e. The molecule has 5 rings (SSSR count). The minimum atomic E-state index is -0.589. The summed E-state index contributed by atoms with van der Waals surface area (Å²) in [7, 11) is 0. The van der Waals surface area contributed by atoms with E-state index in [4.69, 9.17) is 4.74 Å². The molecule has 0 saturated carbocycles. The average Bonchev–Trinajstić information content (AvgIpc) is 3.33. The van der Waals surface area contributed by atoms with Gasteiger partial charge in [0, 0.05) is 50.7 Å². The summed E-state index contributed by atoms with van der Waals surface area (Å²) < 4.78 is 6.23. The Morgan fingerprint density at radius 1 is 1.03 bits per heavy atom. The van der Waals surface area contributed by atoms with Crippen LogP contribution >= 0.6 is 0 Å². The summed E-state index contributed by atoms with van der Waals surface area (Å²) in [6.45, 7) is 2.47. The summed E-state index contributed by atoms with van der Waals surface area (Å²) in [6, 6.07) is 12.0. The fourth-order valence-corrected chi connectivity index (χ4v) is 5.05.